The number of likely N-dealkylation sites (tertiary alicyclic amines) is 1. The summed E-state index contributed by atoms with van der Waals surface area (Å²) in [4.78, 5) is 9.58. The highest BCUT2D eigenvalue weighted by Crippen LogP contribution is 2.21. The Morgan fingerprint density at radius 3 is 3.00 bits per heavy atom. The van der Waals surface area contributed by atoms with Gasteiger partial charge in [0, 0.05) is 49.6 Å². The highest BCUT2D eigenvalue weighted by molar-refractivity contribution is 7.12. The maximum atomic E-state index is 13.4. The van der Waals surface area contributed by atoms with Gasteiger partial charge in [0.15, 0.2) is 5.13 Å². The number of hydrogen-bond acceptors (Lipinski definition) is 4. The fraction of sp³-hybridized carbons (Fsp3) is 0.458. The molecule has 1 fully saturated rings. The minimum atomic E-state index is -0.134. The number of nitrogens with zero attached hydrogens (tertiary/aromatic N) is 4. The molecule has 4 nitrogen and oxygen atoms in total. The van der Waals surface area contributed by atoms with Crippen molar-refractivity contribution in [2.24, 2.45) is 5.92 Å². The smallest absolute Gasteiger partial charge is 0.193 e. The van der Waals surface area contributed by atoms with E-state index < -0.39 is 0 Å². The minimum Gasteiger partial charge on any atom is -0.303 e. The SMILES string of the molecule is CCN(Cc1cccn1-c1nccs1)C[C@@H]1CCCN(CCc2cccc(F)c2)C1. The van der Waals surface area contributed by atoms with Crippen LogP contribution in [0.15, 0.2) is 54.2 Å². The van der Waals surface area contributed by atoms with Crippen LogP contribution in [0.4, 0.5) is 4.39 Å². The van der Waals surface area contributed by atoms with Crippen LogP contribution in [0.25, 0.3) is 5.13 Å². The predicted molar refractivity (Wildman–Crippen MR) is 122 cm³/mol. The molecule has 0 N–H and O–H groups in total. The molecule has 160 valence electrons. The molecule has 1 aromatic carbocycles. The van der Waals surface area contributed by atoms with Crippen LogP contribution in [0.5, 0.6) is 0 Å². The molecule has 6 heteroatoms. The molecule has 3 heterocycles. The van der Waals surface area contributed by atoms with Crippen LogP contribution >= 0.6 is 11.3 Å². The summed E-state index contributed by atoms with van der Waals surface area (Å²) in [5, 5.41) is 3.06. The first-order chi connectivity index (χ1) is 14.7. The molecule has 1 aliphatic rings. The van der Waals surface area contributed by atoms with Gasteiger partial charge in [-0.1, -0.05) is 19.1 Å². The molecule has 0 unspecified atom stereocenters. The van der Waals surface area contributed by atoms with E-state index >= 15 is 0 Å². The van der Waals surface area contributed by atoms with Crippen molar-refractivity contribution in [1.29, 1.82) is 0 Å². The zero-order valence-electron chi connectivity index (χ0n) is 17.7. The van der Waals surface area contributed by atoms with Crippen molar-refractivity contribution in [2.45, 2.75) is 32.7 Å². The van der Waals surface area contributed by atoms with Gasteiger partial charge in [-0.25, -0.2) is 9.37 Å². The minimum absolute atomic E-state index is 0.134. The molecule has 0 bridgehead atoms. The van der Waals surface area contributed by atoms with E-state index in [4.69, 9.17) is 0 Å². The van der Waals surface area contributed by atoms with Gasteiger partial charge in [-0.05, 0) is 68.1 Å². The number of halogens is 1. The summed E-state index contributed by atoms with van der Waals surface area (Å²) in [5.74, 6) is 0.555. The Kier molecular flexibility index (Phi) is 7.31. The Morgan fingerprint density at radius 2 is 2.20 bits per heavy atom. The summed E-state index contributed by atoms with van der Waals surface area (Å²) in [7, 11) is 0. The maximum Gasteiger partial charge on any atom is 0.193 e. The topological polar surface area (TPSA) is 24.3 Å². The quantitative estimate of drug-likeness (QED) is 0.489. The Morgan fingerprint density at radius 1 is 1.27 bits per heavy atom. The number of rotatable bonds is 9. The average Bonchev–Trinajstić information content (AvgIpc) is 3.44. The van der Waals surface area contributed by atoms with Gasteiger partial charge in [0.2, 0.25) is 0 Å². The van der Waals surface area contributed by atoms with Gasteiger partial charge in [-0.15, -0.1) is 11.3 Å². The number of hydrogen-bond donors (Lipinski definition) is 0. The lowest BCUT2D eigenvalue weighted by molar-refractivity contribution is 0.132. The second-order valence-electron chi connectivity index (χ2n) is 8.20. The third kappa shape index (κ3) is 5.56. The van der Waals surface area contributed by atoms with Crippen molar-refractivity contribution in [2.75, 3.05) is 32.7 Å². The largest absolute Gasteiger partial charge is 0.303 e. The summed E-state index contributed by atoms with van der Waals surface area (Å²) in [6, 6.07) is 11.3. The summed E-state index contributed by atoms with van der Waals surface area (Å²) >= 11 is 1.67. The van der Waals surface area contributed by atoms with Crippen molar-refractivity contribution in [1.82, 2.24) is 19.4 Å². The molecule has 0 spiro atoms. The van der Waals surface area contributed by atoms with Gasteiger partial charge in [0.25, 0.3) is 0 Å². The zero-order chi connectivity index (χ0) is 20.8. The summed E-state index contributed by atoms with van der Waals surface area (Å²) in [6.07, 6.45) is 7.43. The molecule has 30 heavy (non-hydrogen) atoms. The Hall–Kier alpha value is -2.02. The second-order valence-corrected chi connectivity index (χ2v) is 9.07. The van der Waals surface area contributed by atoms with E-state index in [9.17, 15) is 4.39 Å². The molecule has 1 aliphatic heterocycles. The predicted octanol–water partition coefficient (Wildman–Crippen LogP) is 4.85. The van der Waals surface area contributed by atoms with Crippen LogP contribution in [0.2, 0.25) is 0 Å². The summed E-state index contributed by atoms with van der Waals surface area (Å²) < 4.78 is 15.6. The second kappa shape index (κ2) is 10.3. The highest BCUT2D eigenvalue weighted by atomic mass is 32.1. The van der Waals surface area contributed by atoms with E-state index in [0.717, 1.165) is 56.4 Å². The number of benzene rings is 1. The third-order valence-corrected chi connectivity index (χ3v) is 6.79. The molecule has 0 amide bonds. The molecule has 4 rings (SSSR count). The lowest BCUT2D eigenvalue weighted by Crippen LogP contribution is -2.41. The standard InChI is InChI=1S/C24H31FN4S/c1-2-27(19-23-9-5-13-29(23)24-26-11-15-30-24)17-21-7-4-12-28(18-21)14-10-20-6-3-8-22(25)16-20/h3,5-6,8-9,11,13,15-16,21H,2,4,7,10,12,14,17-19H2,1H3/t21-/m0/s1. The monoisotopic (exact) mass is 426 g/mol. The number of thiazole rings is 1. The first-order valence-electron chi connectivity index (χ1n) is 11.0. The Labute approximate surface area is 183 Å². The van der Waals surface area contributed by atoms with Gasteiger partial charge in [-0.3, -0.25) is 9.47 Å². The first-order valence-corrected chi connectivity index (χ1v) is 11.8. The van der Waals surface area contributed by atoms with Crippen LogP contribution in [-0.4, -0.2) is 52.1 Å². The van der Waals surface area contributed by atoms with Crippen molar-refractivity contribution < 1.29 is 4.39 Å². The van der Waals surface area contributed by atoms with E-state index in [0.29, 0.717) is 5.92 Å². The molecule has 0 aliphatic carbocycles. The first kappa shape index (κ1) is 21.2. The number of piperidine rings is 1. The van der Waals surface area contributed by atoms with E-state index in [-0.39, 0.29) is 5.82 Å². The molecule has 1 saturated heterocycles. The van der Waals surface area contributed by atoms with E-state index in [2.05, 4.69) is 44.6 Å². The highest BCUT2D eigenvalue weighted by Gasteiger charge is 2.22. The Balaban J connectivity index is 1.31. The van der Waals surface area contributed by atoms with Crippen LogP contribution in [-0.2, 0) is 13.0 Å². The van der Waals surface area contributed by atoms with Crippen LogP contribution < -0.4 is 0 Å². The van der Waals surface area contributed by atoms with Gasteiger partial charge < -0.3 is 4.90 Å². The van der Waals surface area contributed by atoms with E-state index in [1.165, 1.54) is 24.6 Å². The van der Waals surface area contributed by atoms with Gasteiger partial charge >= 0.3 is 0 Å². The van der Waals surface area contributed by atoms with Crippen LogP contribution in [0.3, 0.4) is 0 Å². The lowest BCUT2D eigenvalue weighted by atomic mass is 9.96. The molecule has 0 radical (unpaired) electrons. The van der Waals surface area contributed by atoms with Gasteiger partial charge in [0.1, 0.15) is 5.82 Å². The maximum absolute atomic E-state index is 13.4. The van der Waals surface area contributed by atoms with Gasteiger partial charge in [-0.2, -0.15) is 0 Å². The van der Waals surface area contributed by atoms with Crippen molar-refractivity contribution in [3.63, 3.8) is 0 Å². The summed E-state index contributed by atoms with van der Waals surface area (Å²) in [5.41, 5.74) is 2.39. The Bertz CT molecular complexity index is 908. The third-order valence-electron chi connectivity index (χ3n) is 6.02. The molecule has 1 atom stereocenters. The summed E-state index contributed by atoms with van der Waals surface area (Å²) in [6.45, 7) is 8.67. The van der Waals surface area contributed by atoms with Crippen molar-refractivity contribution in [3.05, 3.63) is 71.2 Å². The van der Waals surface area contributed by atoms with E-state index in [1.54, 1.807) is 17.4 Å². The van der Waals surface area contributed by atoms with E-state index in [1.807, 2.05) is 23.7 Å². The fourth-order valence-electron chi connectivity index (χ4n) is 4.45. The molecule has 2 aromatic heterocycles. The average molecular weight is 427 g/mol. The number of aromatic nitrogens is 2. The normalized spacial score (nSPS) is 17.6. The van der Waals surface area contributed by atoms with Crippen molar-refractivity contribution >= 4 is 11.3 Å². The lowest BCUT2D eigenvalue weighted by Gasteiger charge is -2.35. The molecule has 3 aromatic rings. The van der Waals surface area contributed by atoms with Crippen LogP contribution in [0, 0.1) is 11.7 Å². The fourth-order valence-corrected chi connectivity index (χ4v) is 5.11. The zero-order valence-corrected chi connectivity index (χ0v) is 18.5. The molecule has 0 saturated carbocycles. The molecular weight excluding hydrogens is 395 g/mol. The van der Waals surface area contributed by atoms with Crippen LogP contribution in [0.1, 0.15) is 31.0 Å². The van der Waals surface area contributed by atoms with Gasteiger partial charge in [0.05, 0.1) is 0 Å². The van der Waals surface area contributed by atoms with Crippen molar-refractivity contribution in [3.8, 4) is 5.13 Å². The molecular formula is C24H31FN4S.